The van der Waals surface area contributed by atoms with Crippen LogP contribution in [0.4, 0.5) is 0 Å². The normalized spacial score (nSPS) is 23.7. The van der Waals surface area contributed by atoms with Crippen molar-refractivity contribution >= 4 is 0 Å². The highest BCUT2D eigenvalue weighted by molar-refractivity contribution is 5.57. The molecule has 0 saturated carbocycles. The summed E-state index contributed by atoms with van der Waals surface area (Å²) in [6, 6.07) is 10.2. The van der Waals surface area contributed by atoms with Crippen LogP contribution in [-0.2, 0) is 9.47 Å². The van der Waals surface area contributed by atoms with Crippen molar-refractivity contribution in [3.8, 4) is 17.2 Å². The van der Waals surface area contributed by atoms with Gasteiger partial charge >= 0.3 is 0 Å². The van der Waals surface area contributed by atoms with Gasteiger partial charge in [-0.05, 0) is 18.1 Å². The van der Waals surface area contributed by atoms with Crippen LogP contribution in [0.5, 0.6) is 17.2 Å². The second-order valence-corrected chi connectivity index (χ2v) is 6.94. The van der Waals surface area contributed by atoms with Crippen molar-refractivity contribution in [2.24, 2.45) is 0 Å². The second kappa shape index (κ2) is 6.96. The Kier molecular flexibility index (Phi) is 4.29. The predicted octanol–water partition coefficient (Wildman–Crippen LogP) is 3.02. The molecule has 2 aromatic rings. The van der Waals surface area contributed by atoms with Crippen LogP contribution in [0.3, 0.4) is 0 Å². The zero-order valence-corrected chi connectivity index (χ0v) is 15.0. The third kappa shape index (κ3) is 2.85. The molecule has 0 aromatic heterocycles. The quantitative estimate of drug-likeness (QED) is 0.593. The molecule has 0 amide bonds. The first-order chi connectivity index (χ1) is 13.7. The van der Waals surface area contributed by atoms with Gasteiger partial charge < -0.3 is 23.7 Å². The largest absolute Gasteiger partial charge is 0.486 e. The molecule has 1 fully saturated rings. The Bertz CT molecular complexity index is 909. The average molecular weight is 385 g/mol. The first kappa shape index (κ1) is 17.3. The van der Waals surface area contributed by atoms with E-state index in [1.165, 1.54) is 0 Å². The first-order valence-corrected chi connectivity index (χ1v) is 9.24. The molecule has 2 aromatic carbocycles. The van der Waals surface area contributed by atoms with E-state index in [1.807, 2.05) is 24.3 Å². The van der Waals surface area contributed by atoms with Crippen LogP contribution in [0.15, 0.2) is 36.4 Å². The van der Waals surface area contributed by atoms with E-state index in [1.54, 1.807) is 12.1 Å². The van der Waals surface area contributed by atoms with E-state index >= 15 is 0 Å². The molecule has 3 aliphatic heterocycles. The summed E-state index contributed by atoms with van der Waals surface area (Å²) in [7, 11) is 0. The highest BCUT2D eigenvalue weighted by Crippen LogP contribution is 2.47. The average Bonchev–Trinajstić information content (AvgIpc) is 3.19. The van der Waals surface area contributed by atoms with Crippen molar-refractivity contribution in [3.05, 3.63) is 63.2 Å². The summed E-state index contributed by atoms with van der Waals surface area (Å²) >= 11 is 0. The number of rotatable bonds is 3. The minimum absolute atomic E-state index is 0.0228. The topological polar surface area (TPSA) is 89.3 Å². The summed E-state index contributed by atoms with van der Waals surface area (Å²) in [5.74, 6) is 1.22. The Balaban J connectivity index is 1.64. The molecule has 8 heteroatoms. The van der Waals surface area contributed by atoms with Crippen molar-refractivity contribution in [2.75, 3.05) is 26.6 Å². The summed E-state index contributed by atoms with van der Waals surface area (Å²) in [5.41, 5.74) is 2.32. The second-order valence-electron chi connectivity index (χ2n) is 6.94. The molecule has 8 nitrogen and oxygen atoms in total. The molecule has 2 unspecified atom stereocenters. The van der Waals surface area contributed by atoms with Crippen LogP contribution in [-0.4, -0.2) is 37.6 Å². The van der Waals surface area contributed by atoms with Crippen molar-refractivity contribution in [3.63, 3.8) is 0 Å². The van der Waals surface area contributed by atoms with Crippen LogP contribution >= 0.6 is 0 Å². The minimum atomic E-state index is -0.933. The molecule has 1 saturated heterocycles. The summed E-state index contributed by atoms with van der Waals surface area (Å²) in [4.78, 5) is 11.6. The number of hydrogen-bond donors (Lipinski definition) is 0. The number of ether oxygens (including phenoxy) is 5. The summed E-state index contributed by atoms with van der Waals surface area (Å²) in [6.45, 7) is 1.30. The molecular weight excluding hydrogens is 366 g/mol. The van der Waals surface area contributed by atoms with E-state index in [-0.39, 0.29) is 18.3 Å². The number of nitrogens with zero attached hydrogens (tertiary/aromatic N) is 1. The van der Waals surface area contributed by atoms with Gasteiger partial charge in [-0.15, -0.1) is 0 Å². The van der Waals surface area contributed by atoms with Gasteiger partial charge in [-0.1, -0.05) is 24.3 Å². The predicted molar refractivity (Wildman–Crippen MR) is 96.4 cm³/mol. The third-order valence-corrected chi connectivity index (χ3v) is 5.32. The lowest BCUT2D eigenvalue weighted by Gasteiger charge is -2.32. The van der Waals surface area contributed by atoms with Gasteiger partial charge in [0.2, 0.25) is 6.79 Å². The number of benzene rings is 2. The van der Waals surface area contributed by atoms with Gasteiger partial charge in [0.25, 0.3) is 6.04 Å². The van der Waals surface area contributed by atoms with E-state index in [4.69, 9.17) is 23.7 Å². The first-order valence-electron chi connectivity index (χ1n) is 9.24. The molecule has 0 radical (unpaired) electrons. The fourth-order valence-electron chi connectivity index (χ4n) is 4.02. The van der Waals surface area contributed by atoms with Gasteiger partial charge in [-0.25, -0.2) is 0 Å². The van der Waals surface area contributed by atoms with Crippen LogP contribution in [0, 0.1) is 10.1 Å². The van der Waals surface area contributed by atoms with Crippen LogP contribution in [0.25, 0.3) is 0 Å². The van der Waals surface area contributed by atoms with E-state index in [2.05, 4.69) is 0 Å². The third-order valence-electron chi connectivity index (χ3n) is 5.32. The molecular formula is C20H19NO7. The van der Waals surface area contributed by atoms with Gasteiger partial charge in [0.05, 0.1) is 19.1 Å². The van der Waals surface area contributed by atoms with E-state index < -0.39 is 18.2 Å². The molecule has 3 aliphatic rings. The molecule has 146 valence electrons. The summed E-state index contributed by atoms with van der Waals surface area (Å²) in [6.07, 6.45) is 0.303. The molecule has 5 rings (SSSR count). The zero-order valence-electron chi connectivity index (χ0n) is 15.0. The van der Waals surface area contributed by atoms with Gasteiger partial charge in [0.15, 0.2) is 24.4 Å². The Morgan fingerprint density at radius 3 is 2.36 bits per heavy atom. The Morgan fingerprint density at radius 2 is 1.61 bits per heavy atom. The van der Waals surface area contributed by atoms with E-state index in [9.17, 15) is 10.1 Å². The minimum Gasteiger partial charge on any atom is -0.486 e. The standard InChI is InChI=1S/C20H19NO7/c22-21(23)15-10-26-16-9-18-17(27-11-28-18)8-14(16)19(15)12-4-1-2-5-13(12)20-24-6-3-7-25-20/h1-2,4-5,8-9,15,19-20H,3,6-7,10-11H2. The van der Waals surface area contributed by atoms with Crippen molar-refractivity contribution in [1.82, 2.24) is 0 Å². The van der Waals surface area contributed by atoms with Crippen molar-refractivity contribution in [2.45, 2.75) is 24.7 Å². The number of hydrogen-bond acceptors (Lipinski definition) is 7. The summed E-state index contributed by atoms with van der Waals surface area (Å²) in [5, 5.41) is 11.9. The number of nitro groups is 1. The van der Waals surface area contributed by atoms with Crippen molar-refractivity contribution < 1.29 is 28.6 Å². The lowest BCUT2D eigenvalue weighted by Crippen LogP contribution is -2.38. The molecule has 28 heavy (non-hydrogen) atoms. The smallest absolute Gasteiger partial charge is 0.257 e. The van der Waals surface area contributed by atoms with Crippen molar-refractivity contribution in [1.29, 1.82) is 0 Å². The van der Waals surface area contributed by atoms with Gasteiger partial charge in [-0.3, -0.25) is 10.1 Å². The summed E-state index contributed by atoms with van der Waals surface area (Å²) < 4.78 is 28.2. The molecule has 0 spiro atoms. The van der Waals surface area contributed by atoms with Crippen LogP contribution in [0.2, 0.25) is 0 Å². The van der Waals surface area contributed by atoms with Gasteiger partial charge in [0, 0.05) is 22.1 Å². The van der Waals surface area contributed by atoms with E-state index in [0.29, 0.717) is 36.0 Å². The van der Waals surface area contributed by atoms with Crippen LogP contribution in [0.1, 0.15) is 35.3 Å². The van der Waals surface area contributed by atoms with E-state index in [0.717, 1.165) is 17.5 Å². The molecule has 0 bridgehead atoms. The molecule has 0 N–H and O–H groups in total. The highest BCUT2D eigenvalue weighted by Gasteiger charge is 2.43. The lowest BCUT2D eigenvalue weighted by molar-refractivity contribution is -0.528. The maximum absolute atomic E-state index is 11.9. The monoisotopic (exact) mass is 385 g/mol. The maximum atomic E-state index is 11.9. The molecule has 2 atom stereocenters. The SMILES string of the molecule is O=[N+]([O-])C1COc2cc3c(cc2C1c1ccccc1C1OCCCO1)OCO3. The Labute approximate surface area is 161 Å². The number of fused-ring (bicyclic) bond motifs is 2. The highest BCUT2D eigenvalue weighted by atomic mass is 16.7. The molecule has 0 aliphatic carbocycles. The fraction of sp³-hybridized carbons (Fsp3) is 0.400. The maximum Gasteiger partial charge on any atom is 0.257 e. The fourth-order valence-corrected chi connectivity index (χ4v) is 4.02. The Morgan fingerprint density at radius 1 is 0.893 bits per heavy atom. The van der Waals surface area contributed by atoms with Crippen LogP contribution < -0.4 is 14.2 Å². The molecule has 3 heterocycles. The van der Waals surface area contributed by atoms with Gasteiger partial charge in [-0.2, -0.15) is 0 Å². The van der Waals surface area contributed by atoms with Gasteiger partial charge in [0.1, 0.15) is 5.75 Å². The lowest BCUT2D eigenvalue weighted by atomic mass is 9.81. The zero-order chi connectivity index (χ0) is 19.1. The Hall–Kier alpha value is -2.84.